The van der Waals surface area contributed by atoms with Crippen LogP contribution in [-0.4, -0.2) is 71.9 Å². The minimum absolute atomic E-state index is 0.100. The molecule has 190 valence electrons. The Morgan fingerprint density at radius 1 is 1.08 bits per heavy atom. The molecule has 5 rings (SSSR count). The Kier molecular flexibility index (Phi) is 6.65. The third-order valence-electron chi connectivity index (χ3n) is 6.47. The summed E-state index contributed by atoms with van der Waals surface area (Å²) in [5.41, 5.74) is 9.33. The molecule has 1 aromatic carbocycles. The average Bonchev–Trinajstić information content (AvgIpc) is 3.21. The smallest absolute Gasteiger partial charge is 0.316 e. The van der Waals surface area contributed by atoms with E-state index in [9.17, 15) is 13.2 Å². The lowest BCUT2D eigenvalue weighted by Crippen LogP contribution is -2.43. The summed E-state index contributed by atoms with van der Waals surface area (Å²) < 4.78 is 46.4. The van der Waals surface area contributed by atoms with E-state index in [0.29, 0.717) is 49.9 Å². The van der Waals surface area contributed by atoms with Gasteiger partial charge in [-0.2, -0.15) is 4.99 Å². The molecule has 0 aliphatic carbocycles. The number of piperidine rings is 1. The van der Waals surface area contributed by atoms with Crippen molar-refractivity contribution in [1.29, 1.82) is 0 Å². The van der Waals surface area contributed by atoms with Crippen LogP contribution in [0.2, 0.25) is 0 Å². The molecule has 4 aliphatic heterocycles. The van der Waals surface area contributed by atoms with Crippen LogP contribution in [0, 0.1) is 0 Å². The second-order valence-corrected chi connectivity index (χ2v) is 9.14. The van der Waals surface area contributed by atoms with Crippen LogP contribution in [0.5, 0.6) is 0 Å². The zero-order valence-electron chi connectivity index (χ0n) is 20.0. The van der Waals surface area contributed by atoms with Gasteiger partial charge in [0.05, 0.1) is 19.4 Å². The minimum Gasteiger partial charge on any atom is -0.464 e. The predicted molar refractivity (Wildman–Crippen MR) is 133 cm³/mol. The highest BCUT2D eigenvalue weighted by Crippen LogP contribution is 2.32. The fraction of sp³-hybridized carbons (Fsp3) is 0.440. The van der Waals surface area contributed by atoms with Crippen LogP contribution < -0.4 is 5.73 Å². The number of nitrogens with zero attached hydrogens (tertiary/aromatic N) is 6. The van der Waals surface area contributed by atoms with E-state index in [1.165, 1.54) is 12.3 Å². The molecule has 0 amide bonds. The number of rotatable bonds is 5. The Morgan fingerprint density at radius 3 is 2.44 bits per heavy atom. The maximum absolute atomic E-state index is 14.0. The number of alkyl halides is 2. The first kappa shape index (κ1) is 24.2. The predicted octanol–water partition coefficient (Wildman–Crippen LogP) is 3.41. The number of fused-ring (bicyclic) bond motifs is 1. The van der Waals surface area contributed by atoms with E-state index in [1.54, 1.807) is 0 Å². The van der Waals surface area contributed by atoms with Gasteiger partial charge in [-0.15, -0.1) is 0 Å². The highest BCUT2D eigenvalue weighted by atomic mass is 19.3. The van der Waals surface area contributed by atoms with Crippen LogP contribution in [0.3, 0.4) is 0 Å². The minimum atomic E-state index is -2.55. The second-order valence-electron chi connectivity index (χ2n) is 9.14. The number of aliphatic imine (C=N–C) groups is 4. The number of hydrogen-bond acceptors (Lipinski definition) is 8. The largest absolute Gasteiger partial charge is 0.464 e. The molecule has 4 aliphatic rings. The van der Waals surface area contributed by atoms with E-state index in [2.05, 4.69) is 20.0 Å². The summed E-state index contributed by atoms with van der Waals surface area (Å²) in [5.74, 6) is -2.24. The number of benzene rings is 1. The van der Waals surface area contributed by atoms with Crippen molar-refractivity contribution in [3.05, 3.63) is 58.7 Å². The maximum Gasteiger partial charge on any atom is 0.316 e. The first-order valence-corrected chi connectivity index (χ1v) is 12.0. The molecule has 8 nitrogen and oxygen atoms in total. The van der Waals surface area contributed by atoms with Crippen LogP contribution in [-0.2, 0) is 17.8 Å². The van der Waals surface area contributed by atoms with Crippen LogP contribution in [0.25, 0.3) is 0 Å². The topological polar surface area (TPSA) is 91.2 Å². The van der Waals surface area contributed by atoms with Crippen molar-refractivity contribution in [2.24, 2.45) is 25.7 Å². The van der Waals surface area contributed by atoms with Gasteiger partial charge in [-0.3, -0.25) is 9.89 Å². The van der Waals surface area contributed by atoms with E-state index < -0.39 is 17.9 Å². The van der Waals surface area contributed by atoms with E-state index in [-0.39, 0.29) is 31.2 Å². The maximum atomic E-state index is 14.0. The molecule has 1 unspecified atom stereocenters. The highest BCUT2D eigenvalue weighted by molar-refractivity contribution is 6.45. The molecule has 36 heavy (non-hydrogen) atoms. The third kappa shape index (κ3) is 5.20. The third-order valence-corrected chi connectivity index (χ3v) is 6.47. The van der Waals surface area contributed by atoms with Crippen molar-refractivity contribution in [2.45, 2.75) is 44.9 Å². The van der Waals surface area contributed by atoms with Crippen molar-refractivity contribution >= 4 is 23.8 Å². The van der Waals surface area contributed by atoms with E-state index in [1.807, 2.05) is 41.0 Å². The molecule has 0 bridgehead atoms. The van der Waals surface area contributed by atoms with Gasteiger partial charge in [0, 0.05) is 44.6 Å². The Bertz CT molecular complexity index is 1190. The van der Waals surface area contributed by atoms with Crippen LogP contribution >= 0.6 is 0 Å². The number of likely N-dealkylation sites (tertiary alicyclic amines) is 1. The summed E-state index contributed by atoms with van der Waals surface area (Å²) in [6.45, 7) is 4.35. The number of amidine groups is 2. The van der Waals surface area contributed by atoms with E-state index in [4.69, 9.17) is 10.5 Å². The second kappa shape index (κ2) is 9.88. The lowest BCUT2D eigenvalue weighted by Gasteiger charge is -2.31. The van der Waals surface area contributed by atoms with Gasteiger partial charge in [0.15, 0.2) is 12.0 Å². The molecule has 1 saturated heterocycles. The zero-order chi connectivity index (χ0) is 25.3. The summed E-state index contributed by atoms with van der Waals surface area (Å²) in [5, 5.41) is 0. The zero-order valence-corrected chi connectivity index (χ0v) is 20.0. The fourth-order valence-corrected chi connectivity index (χ4v) is 4.59. The molecule has 11 heteroatoms. The molecule has 1 fully saturated rings. The van der Waals surface area contributed by atoms with Crippen LogP contribution in [0.4, 0.5) is 13.2 Å². The van der Waals surface area contributed by atoms with Gasteiger partial charge >= 0.3 is 6.02 Å². The van der Waals surface area contributed by atoms with Crippen molar-refractivity contribution in [3.63, 3.8) is 0 Å². The number of dihydropyridines is 1. The van der Waals surface area contributed by atoms with Crippen LogP contribution in [0.1, 0.15) is 30.9 Å². The van der Waals surface area contributed by atoms with Gasteiger partial charge in [-0.05, 0) is 24.1 Å². The highest BCUT2D eigenvalue weighted by Gasteiger charge is 2.39. The summed E-state index contributed by atoms with van der Waals surface area (Å²) in [4.78, 5) is 21.6. The molecule has 1 atom stereocenters. The molecular formula is C25H28F3N7O. The van der Waals surface area contributed by atoms with Gasteiger partial charge in [0.25, 0.3) is 5.92 Å². The van der Waals surface area contributed by atoms with Gasteiger partial charge in [0.1, 0.15) is 17.4 Å². The van der Waals surface area contributed by atoms with Crippen LogP contribution in [0.15, 0.2) is 67.5 Å². The van der Waals surface area contributed by atoms with Gasteiger partial charge in [-0.25, -0.2) is 23.2 Å². The Hall–Kier alpha value is -3.47. The normalized spacial score (nSPS) is 25.7. The average molecular weight is 500 g/mol. The Balaban J connectivity index is 1.37. The molecule has 0 radical (unpaired) electrons. The van der Waals surface area contributed by atoms with Crippen molar-refractivity contribution in [2.75, 3.05) is 26.2 Å². The Labute approximate surface area is 207 Å². The van der Waals surface area contributed by atoms with Gasteiger partial charge in [-0.1, -0.05) is 24.3 Å². The van der Waals surface area contributed by atoms with Gasteiger partial charge < -0.3 is 15.4 Å². The summed E-state index contributed by atoms with van der Waals surface area (Å²) in [7, 11) is 0. The summed E-state index contributed by atoms with van der Waals surface area (Å²) in [6.07, 6.45) is 1.85. The monoisotopic (exact) mass is 499 g/mol. The molecule has 0 saturated carbocycles. The van der Waals surface area contributed by atoms with E-state index in [0.717, 1.165) is 11.1 Å². The van der Waals surface area contributed by atoms with Crippen molar-refractivity contribution < 1.29 is 17.9 Å². The molecule has 0 aromatic heterocycles. The number of hydrogen-bond donors (Lipinski definition) is 1. The number of nitrogens with two attached hydrogens (primary N) is 1. The molecule has 1 aromatic rings. The number of allylic oxidation sites excluding steroid dienone is 1. The van der Waals surface area contributed by atoms with Gasteiger partial charge in [0.2, 0.25) is 0 Å². The Morgan fingerprint density at radius 2 is 1.78 bits per heavy atom. The molecule has 2 N–H and O–H groups in total. The fourth-order valence-electron chi connectivity index (χ4n) is 4.59. The summed E-state index contributed by atoms with van der Waals surface area (Å²) in [6, 6.07) is 8.18. The van der Waals surface area contributed by atoms with E-state index >= 15 is 0 Å². The lowest BCUT2D eigenvalue weighted by molar-refractivity contribution is -0.0566. The first-order valence-electron chi connectivity index (χ1n) is 12.0. The molecule has 4 heterocycles. The molecular weight excluding hydrogens is 471 g/mol. The number of halogens is 3. The van der Waals surface area contributed by atoms with Crippen molar-refractivity contribution in [1.82, 2.24) is 9.80 Å². The SMILES string of the molecule is CCOC1=NC2C(=NC(=C3C=C(F)C=NC3)N2Cc2ccc(CN3CCC(F)(F)CC3)cc2)C(N)=N1. The first-order chi connectivity index (χ1) is 17.3. The van der Waals surface area contributed by atoms with Crippen molar-refractivity contribution in [3.8, 4) is 0 Å². The standard InChI is InChI=1S/C25H28F3N7O/c1-2-36-24-32-21(29)20-23(33-24)35(22(31-20)18-11-19(26)13-30-12-18)15-17-5-3-16(4-6-17)14-34-9-7-25(27,28)8-10-34/h3-6,11,13,23H,2,7-10,12,14-15H2,1H3,(H2,29,32,33). The lowest BCUT2D eigenvalue weighted by atomic mass is 10.1. The number of ether oxygens (including phenoxy) is 1. The quantitative estimate of drug-likeness (QED) is 0.672. The molecule has 0 spiro atoms. The summed E-state index contributed by atoms with van der Waals surface area (Å²) >= 11 is 0.